The first kappa shape index (κ1) is 14.3. The van der Waals surface area contributed by atoms with E-state index in [4.69, 9.17) is 0 Å². The lowest BCUT2D eigenvalue weighted by molar-refractivity contribution is 0.172. The summed E-state index contributed by atoms with van der Waals surface area (Å²) < 4.78 is 0. The van der Waals surface area contributed by atoms with Crippen LogP contribution in [0.3, 0.4) is 0 Å². The lowest BCUT2D eigenvalue weighted by Crippen LogP contribution is -2.29. The molecule has 1 aliphatic heterocycles. The van der Waals surface area contributed by atoms with E-state index >= 15 is 0 Å². The SMILES string of the molecule is C[C@H](O)CCCN1CC=C(c2c[nH]c3ncccc23)CC1. The number of hydrogen-bond acceptors (Lipinski definition) is 3. The molecular weight excluding hydrogens is 262 g/mol. The Morgan fingerprint density at radius 3 is 3.14 bits per heavy atom. The topological polar surface area (TPSA) is 52.1 Å². The van der Waals surface area contributed by atoms with Crippen LogP contribution in [0.5, 0.6) is 0 Å². The molecule has 0 fully saturated rings. The van der Waals surface area contributed by atoms with Crippen LogP contribution in [0.1, 0.15) is 31.7 Å². The minimum atomic E-state index is -0.181. The number of nitrogens with zero attached hydrogens (tertiary/aromatic N) is 2. The van der Waals surface area contributed by atoms with Crippen LogP contribution in [0, 0.1) is 0 Å². The van der Waals surface area contributed by atoms with E-state index in [1.165, 1.54) is 16.5 Å². The van der Waals surface area contributed by atoms with E-state index in [1.807, 2.05) is 19.2 Å². The van der Waals surface area contributed by atoms with Gasteiger partial charge in [0.15, 0.2) is 0 Å². The fraction of sp³-hybridized carbons (Fsp3) is 0.471. The van der Waals surface area contributed by atoms with Crippen LogP contribution in [0.2, 0.25) is 0 Å². The first-order valence-corrected chi connectivity index (χ1v) is 7.76. The molecule has 112 valence electrons. The second kappa shape index (κ2) is 6.41. The van der Waals surface area contributed by atoms with Gasteiger partial charge in [0, 0.05) is 36.4 Å². The highest BCUT2D eigenvalue weighted by atomic mass is 16.3. The van der Waals surface area contributed by atoms with Crippen molar-refractivity contribution < 1.29 is 5.11 Å². The summed E-state index contributed by atoms with van der Waals surface area (Å²) in [6.45, 7) is 5.03. The summed E-state index contributed by atoms with van der Waals surface area (Å²) in [6.07, 6.45) is 9.09. The molecule has 0 radical (unpaired) electrons. The van der Waals surface area contributed by atoms with Crippen molar-refractivity contribution in [3.63, 3.8) is 0 Å². The van der Waals surface area contributed by atoms with Gasteiger partial charge in [-0.2, -0.15) is 0 Å². The molecule has 4 heteroatoms. The monoisotopic (exact) mass is 285 g/mol. The van der Waals surface area contributed by atoms with Gasteiger partial charge in [-0.05, 0) is 50.4 Å². The number of hydrogen-bond donors (Lipinski definition) is 2. The Labute approximate surface area is 125 Å². The summed E-state index contributed by atoms with van der Waals surface area (Å²) >= 11 is 0. The quantitative estimate of drug-likeness (QED) is 0.888. The van der Waals surface area contributed by atoms with Crippen LogP contribution in [0.25, 0.3) is 16.6 Å². The summed E-state index contributed by atoms with van der Waals surface area (Å²) in [5, 5.41) is 10.5. The van der Waals surface area contributed by atoms with E-state index in [0.717, 1.165) is 44.5 Å². The molecule has 0 spiro atoms. The van der Waals surface area contributed by atoms with Crippen molar-refractivity contribution >= 4 is 16.6 Å². The van der Waals surface area contributed by atoms with Crippen molar-refractivity contribution in [3.05, 3.63) is 36.2 Å². The van der Waals surface area contributed by atoms with Gasteiger partial charge in [-0.1, -0.05) is 6.08 Å². The second-order valence-electron chi connectivity index (χ2n) is 5.87. The van der Waals surface area contributed by atoms with Gasteiger partial charge in [0.05, 0.1) is 6.10 Å². The first-order valence-electron chi connectivity index (χ1n) is 7.76. The van der Waals surface area contributed by atoms with Crippen molar-refractivity contribution in [2.75, 3.05) is 19.6 Å². The van der Waals surface area contributed by atoms with E-state index in [1.54, 1.807) is 0 Å². The largest absolute Gasteiger partial charge is 0.393 e. The number of aliphatic hydroxyl groups is 1. The number of H-pyrrole nitrogens is 1. The van der Waals surface area contributed by atoms with E-state index in [2.05, 4.69) is 33.2 Å². The predicted molar refractivity (Wildman–Crippen MR) is 86.0 cm³/mol. The highest BCUT2D eigenvalue weighted by Gasteiger charge is 2.15. The maximum absolute atomic E-state index is 9.31. The highest BCUT2D eigenvalue weighted by molar-refractivity contribution is 5.90. The Bertz CT molecular complexity index is 630. The molecule has 21 heavy (non-hydrogen) atoms. The van der Waals surface area contributed by atoms with E-state index in [0.29, 0.717) is 0 Å². The smallest absolute Gasteiger partial charge is 0.137 e. The van der Waals surface area contributed by atoms with E-state index < -0.39 is 0 Å². The molecule has 0 saturated carbocycles. The standard InChI is InChI=1S/C17H23N3O/c1-13(21)4-3-9-20-10-6-14(7-11-20)16-12-19-17-15(16)5-2-8-18-17/h2,5-6,8,12-13,21H,3-4,7,9-11H2,1H3,(H,18,19)/t13-/m0/s1. The molecule has 2 aromatic heterocycles. The molecule has 0 amide bonds. The van der Waals surface area contributed by atoms with Gasteiger partial charge in [-0.25, -0.2) is 4.98 Å². The summed E-state index contributed by atoms with van der Waals surface area (Å²) in [6, 6.07) is 4.12. The minimum absolute atomic E-state index is 0.181. The second-order valence-corrected chi connectivity index (χ2v) is 5.87. The van der Waals surface area contributed by atoms with Crippen LogP contribution in [-0.2, 0) is 0 Å². The molecule has 0 aliphatic carbocycles. The lowest BCUT2D eigenvalue weighted by Gasteiger charge is -2.26. The number of fused-ring (bicyclic) bond motifs is 1. The van der Waals surface area contributed by atoms with Crippen LogP contribution in [0.4, 0.5) is 0 Å². The van der Waals surface area contributed by atoms with Gasteiger partial charge in [0.25, 0.3) is 0 Å². The molecule has 2 N–H and O–H groups in total. The van der Waals surface area contributed by atoms with Gasteiger partial charge in [-0.15, -0.1) is 0 Å². The van der Waals surface area contributed by atoms with Crippen LogP contribution >= 0.6 is 0 Å². The number of aliphatic hydroxyl groups excluding tert-OH is 1. The molecule has 2 aromatic rings. The zero-order valence-electron chi connectivity index (χ0n) is 12.5. The van der Waals surface area contributed by atoms with E-state index in [-0.39, 0.29) is 6.10 Å². The average molecular weight is 285 g/mol. The van der Waals surface area contributed by atoms with Gasteiger partial charge in [0.1, 0.15) is 5.65 Å². The van der Waals surface area contributed by atoms with Crippen molar-refractivity contribution in [3.8, 4) is 0 Å². The maximum Gasteiger partial charge on any atom is 0.137 e. The molecule has 0 aromatic carbocycles. The molecule has 0 saturated heterocycles. The number of aromatic amines is 1. The third-order valence-corrected chi connectivity index (χ3v) is 4.19. The Hall–Kier alpha value is -1.65. The number of nitrogens with one attached hydrogen (secondary N) is 1. The third kappa shape index (κ3) is 3.34. The molecule has 0 bridgehead atoms. The number of pyridine rings is 1. The highest BCUT2D eigenvalue weighted by Crippen LogP contribution is 2.28. The first-order chi connectivity index (χ1) is 10.2. The maximum atomic E-state index is 9.31. The lowest BCUT2D eigenvalue weighted by atomic mass is 9.99. The van der Waals surface area contributed by atoms with E-state index in [9.17, 15) is 5.11 Å². The van der Waals surface area contributed by atoms with Crippen LogP contribution in [-0.4, -0.2) is 45.7 Å². The van der Waals surface area contributed by atoms with Crippen molar-refractivity contribution in [2.45, 2.75) is 32.3 Å². The van der Waals surface area contributed by atoms with Crippen molar-refractivity contribution in [2.24, 2.45) is 0 Å². The fourth-order valence-corrected chi connectivity index (χ4v) is 2.99. The summed E-state index contributed by atoms with van der Waals surface area (Å²) in [5.74, 6) is 0. The summed E-state index contributed by atoms with van der Waals surface area (Å²) in [4.78, 5) is 10.1. The molecule has 3 heterocycles. The molecule has 0 unspecified atom stereocenters. The predicted octanol–water partition coefficient (Wildman–Crippen LogP) is 2.81. The van der Waals surface area contributed by atoms with Gasteiger partial charge < -0.3 is 10.1 Å². The Kier molecular flexibility index (Phi) is 4.36. The summed E-state index contributed by atoms with van der Waals surface area (Å²) in [7, 11) is 0. The molecule has 3 rings (SSSR count). The van der Waals surface area contributed by atoms with Crippen LogP contribution in [0.15, 0.2) is 30.6 Å². The zero-order chi connectivity index (χ0) is 14.7. The Morgan fingerprint density at radius 1 is 1.48 bits per heavy atom. The third-order valence-electron chi connectivity index (χ3n) is 4.19. The summed E-state index contributed by atoms with van der Waals surface area (Å²) in [5.41, 5.74) is 3.68. The van der Waals surface area contributed by atoms with Crippen molar-refractivity contribution in [1.82, 2.24) is 14.9 Å². The molecular formula is C17H23N3O. The fourth-order valence-electron chi connectivity index (χ4n) is 2.99. The number of aromatic nitrogens is 2. The normalized spacial score (nSPS) is 17.9. The van der Waals surface area contributed by atoms with Crippen LogP contribution < -0.4 is 0 Å². The molecule has 1 aliphatic rings. The Morgan fingerprint density at radius 2 is 2.38 bits per heavy atom. The van der Waals surface area contributed by atoms with Crippen molar-refractivity contribution in [1.29, 1.82) is 0 Å². The van der Waals surface area contributed by atoms with Gasteiger partial charge in [-0.3, -0.25) is 4.90 Å². The molecule has 1 atom stereocenters. The minimum Gasteiger partial charge on any atom is -0.393 e. The van der Waals surface area contributed by atoms with Gasteiger partial charge >= 0.3 is 0 Å². The zero-order valence-corrected chi connectivity index (χ0v) is 12.5. The number of rotatable bonds is 5. The Balaban J connectivity index is 1.65. The molecule has 4 nitrogen and oxygen atoms in total. The average Bonchev–Trinajstić information content (AvgIpc) is 2.92. The van der Waals surface area contributed by atoms with Gasteiger partial charge in [0.2, 0.25) is 0 Å².